The van der Waals surface area contributed by atoms with E-state index in [1.807, 2.05) is 42.3 Å². The van der Waals surface area contributed by atoms with Gasteiger partial charge in [0.05, 0.1) is 20.6 Å². The summed E-state index contributed by atoms with van der Waals surface area (Å²) in [6, 6.07) is 7.99. The monoisotopic (exact) mass is 637 g/mol. The molecule has 0 saturated carbocycles. The van der Waals surface area contributed by atoms with E-state index in [2.05, 4.69) is 72.8 Å². The third-order valence-electron chi connectivity index (χ3n) is 4.21. The highest BCUT2D eigenvalue weighted by atomic mass is 127. The maximum atomic E-state index is 12.1. The summed E-state index contributed by atoms with van der Waals surface area (Å²) in [5.41, 5.74) is 1.03. The quantitative estimate of drug-likeness (QED) is 0.289. The number of carboxylic acids is 1. The standard InChI is InChI=1S/C15H17I3N2O2/c1-10(12-6-19-13-5-3-2-4-11(12)13)15(7-16,14(21)22)20(8-17)9-18/h2-6,10,19H,7-9H2,1H3,(H,21,22)/p-1. The molecule has 0 radical (unpaired) electrons. The van der Waals surface area contributed by atoms with Crippen LogP contribution in [0.4, 0.5) is 0 Å². The molecule has 1 aromatic carbocycles. The van der Waals surface area contributed by atoms with Crippen molar-refractivity contribution in [3.8, 4) is 0 Å². The number of para-hydroxylation sites is 1. The van der Waals surface area contributed by atoms with Crippen LogP contribution >= 0.6 is 67.8 Å². The first kappa shape index (κ1) is 18.7. The predicted molar refractivity (Wildman–Crippen MR) is 113 cm³/mol. The maximum Gasteiger partial charge on any atom is 0.0776 e. The third kappa shape index (κ3) is 3.14. The highest BCUT2D eigenvalue weighted by molar-refractivity contribution is 14.1. The molecule has 0 amide bonds. The summed E-state index contributed by atoms with van der Waals surface area (Å²) < 4.78 is 1.76. The molecule has 2 unspecified atom stereocenters. The van der Waals surface area contributed by atoms with Crippen molar-refractivity contribution in [2.75, 3.05) is 13.5 Å². The Morgan fingerprint density at radius 2 is 1.95 bits per heavy atom. The van der Waals surface area contributed by atoms with Gasteiger partial charge in [-0.05, 0) is 11.6 Å². The Morgan fingerprint density at radius 1 is 1.32 bits per heavy atom. The van der Waals surface area contributed by atoms with Gasteiger partial charge >= 0.3 is 0 Å². The van der Waals surface area contributed by atoms with Crippen molar-refractivity contribution in [1.29, 1.82) is 0 Å². The molecule has 1 aromatic heterocycles. The first-order valence-electron chi connectivity index (χ1n) is 6.73. The van der Waals surface area contributed by atoms with Gasteiger partial charge in [-0.2, -0.15) is 0 Å². The van der Waals surface area contributed by atoms with Crippen molar-refractivity contribution >= 4 is 84.6 Å². The van der Waals surface area contributed by atoms with E-state index in [0.717, 1.165) is 16.5 Å². The van der Waals surface area contributed by atoms with Crippen molar-refractivity contribution in [3.63, 3.8) is 0 Å². The number of fused-ring (bicyclic) bond motifs is 1. The average Bonchev–Trinajstić information content (AvgIpc) is 2.95. The molecule has 7 heteroatoms. The minimum absolute atomic E-state index is 0.185. The summed E-state index contributed by atoms with van der Waals surface area (Å²) in [7, 11) is 0. The summed E-state index contributed by atoms with van der Waals surface area (Å²) in [5, 5.41) is 13.2. The lowest BCUT2D eigenvalue weighted by atomic mass is 9.80. The van der Waals surface area contributed by atoms with Crippen LogP contribution in [0.15, 0.2) is 30.5 Å². The highest BCUT2D eigenvalue weighted by Crippen LogP contribution is 2.39. The van der Waals surface area contributed by atoms with Crippen LogP contribution in [0.2, 0.25) is 0 Å². The Labute approximate surface area is 170 Å². The number of aromatic amines is 1. The number of carboxylic acid groups (broad SMARTS) is 1. The summed E-state index contributed by atoms with van der Waals surface area (Å²) in [6.07, 6.45) is 1.93. The zero-order valence-electron chi connectivity index (χ0n) is 12.0. The summed E-state index contributed by atoms with van der Waals surface area (Å²) in [5.74, 6) is -1.19. The van der Waals surface area contributed by atoms with Gasteiger partial charge in [0.1, 0.15) is 0 Å². The molecule has 0 bridgehead atoms. The van der Waals surface area contributed by atoms with E-state index in [1.165, 1.54) is 0 Å². The van der Waals surface area contributed by atoms with Crippen molar-refractivity contribution in [3.05, 3.63) is 36.0 Å². The van der Waals surface area contributed by atoms with Crippen LogP contribution < -0.4 is 5.11 Å². The van der Waals surface area contributed by atoms with Crippen molar-refractivity contribution in [2.24, 2.45) is 0 Å². The fourth-order valence-corrected chi connectivity index (χ4v) is 6.87. The Kier molecular flexibility index (Phi) is 6.78. The second-order valence-corrected chi connectivity index (χ2v) is 7.26. The van der Waals surface area contributed by atoms with Gasteiger partial charge in [-0.15, -0.1) is 0 Å². The zero-order chi connectivity index (χ0) is 16.3. The van der Waals surface area contributed by atoms with E-state index in [0.29, 0.717) is 13.5 Å². The van der Waals surface area contributed by atoms with E-state index in [-0.39, 0.29) is 5.92 Å². The minimum Gasteiger partial charge on any atom is -0.548 e. The molecule has 0 spiro atoms. The van der Waals surface area contributed by atoms with Crippen LogP contribution in [0, 0.1) is 0 Å². The molecule has 0 aliphatic rings. The molecule has 1 heterocycles. The fourth-order valence-electron chi connectivity index (χ4n) is 2.79. The van der Waals surface area contributed by atoms with Crippen molar-refractivity contribution < 1.29 is 9.90 Å². The Bertz CT molecular complexity index is 657. The maximum absolute atomic E-state index is 12.1. The number of aliphatic carboxylic acids is 1. The van der Waals surface area contributed by atoms with E-state index in [9.17, 15) is 9.90 Å². The van der Waals surface area contributed by atoms with E-state index < -0.39 is 11.5 Å². The Hall–Kier alpha value is 0.380. The van der Waals surface area contributed by atoms with Crippen LogP contribution in [0.3, 0.4) is 0 Å². The molecule has 120 valence electrons. The molecule has 4 nitrogen and oxygen atoms in total. The molecular formula is C15H16I3N2O2-. The number of H-pyrrole nitrogens is 1. The molecule has 0 aliphatic carbocycles. The SMILES string of the molecule is CC(c1c[nH]c2ccccc12)C(CI)(C(=O)[O-])N(CI)CI. The molecule has 0 saturated heterocycles. The number of carbonyl (C=O) groups is 1. The van der Waals surface area contributed by atoms with E-state index in [4.69, 9.17) is 0 Å². The van der Waals surface area contributed by atoms with Crippen LogP contribution in [-0.2, 0) is 4.79 Å². The summed E-state index contributed by atoms with van der Waals surface area (Å²) >= 11 is 6.60. The second-order valence-electron chi connectivity index (χ2n) is 5.14. The van der Waals surface area contributed by atoms with Gasteiger partial charge in [-0.25, -0.2) is 0 Å². The molecule has 0 fully saturated rings. The van der Waals surface area contributed by atoms with Crippen LogP contribution in [0.1, 0.15) is 18.4 Å². The first-order chi connectivity index (χ1) is 10.5. The number of aromatic nitrogens is 1. The molecule has 2 atom stereocenters. The molecule has 0 aliphatic heterocycles. The normalized spacial score (nSPS) is 15.9. The van der Waals surface area contributed by atoms with Gasteiger partial charge in [0.15, 0.2) is 0 Å². The van der Waals surface area contributed by atoms with Gasteiger partial charge < -0.3 is 14.9 Å². The number of halogens is 3. The number of hydrogen-bond acceptors (Lipinski definition) is 3. The number of nitrogens with zero attached hydrogens (tertiary/aromatic N) is 1. The molecular weight excluding hydrogens is 621 g/mol. The van der Waals surface area contributed by atoms with Crippen LogP contribution in [0.5, 0.6) is 0 Å². The summed E-state index contributed by atoms with van der Waals surface area (Å²) in [4.78, 5) is 17.3. The number of carbonyl (C=O) groups excluding carboxylic acids is 1. The molecule has 2 aromatic rings. The minimum atomic E-state index is -1.02. The highest BCUT2D eigenvalue weighted by Gasteiger charge is 2.43. The second kappa shape index (κ2) is 7.97. The van der Waals surface area contributed by atoms with Crippen LogP contribution in [0.25, 0.3) is 10.9 Å². The van der Waals surface area contributed by atoms with E-state index >= 15 is 0 Å². The van der Waals surface area contributed by atoms with Gasteiger partial charge in [0, 0.05) is 27.4 Å². The Balaban J connectivity index is 2.58. The zero-order valence-corrected chi connectivity index (χ0v) is 18.5. The van der Waals surface area contributed by atoms with Gasteiger partial charge in [0.2, 0.25) is 0 Å². The molecule has 1 N–H and O–H groups in total. The summed E-state index contributed by atoms with van der Waals surface area (Å²) in [6.45, 7) is 1.98. The lowest BCUT2D eigenvalue weighted by molar-refractivity contribution is -0.318. The van der Waals surface area contributed by atoms with Gasteiger partial charge in [-0.1, -0.05) is 92.9 Å². The largest absolute Gasteiger partial charge is 0.548 e. The first-order valence-corrected chi connectivity index (χ1v) is 11.3. The smallest absolute Gasteiger partial charge is 0.0776 e. The third-order valence-corrected chi connectivity index (χ3v) is 7.02. The number of alkyl halides is 3. The predicted octanol–water partition coefficient (Wildman–Crippen LogP) is 3.28. The van der Waals surface area contributed by atoms with Crippen molar-refractivity contribution in [2.45, 2.75) is 18.4 Å². The average molecular weight is 637 g/mol. The van der Waals surface area contributed by atoms with E-state index in [1.54, 1.807) is 0 Å². The topological polar surface area (TPSA) is 59.2 Å². The van der Waals surface area contributed by atoms with Gasteiger partial charge in [0.25, 0.3) is 0 Å². The lowest BCUT2D eigenvalue weighted by Crippen LogP contribution is -2.63. The molecule has 22 heavy (non-hydrogen) atoms. The van der Waals surface area contributed by atoms with Crippen molar-refractivity contribution in [1.82, 2.24) is 9.88 Å². The number of hydrogen-bond donors (Lipinski definition) is 1. The van der Waals surface area contributed by atoms with Crippen LogP contribution in [-0.4, -0.2) is 34.9 Å². The number of benzene rings is 1. The van der Waals surface area contributed by atoms with Gasteiger partial charge in [-0.3, -0.25) is 4.90 Å². The Morgan fingerprint density at radius 3 is 2.50 bits per heavy atom. The lowest BCUT2D eigenvalue weighted by Gasteiger charge is -2.46. The number of nitrogens with one attached hydrogen (secondary N) is 1. The number of rotatable bonds is 7. The fraction of sp³-hybridized carbons (Fsp3) is 0.400. The molecule has 2 rings (SSSR count).